The molecule has 1 N–H and O–H groups in total. The van der Waals surface area contributed by atoms with Crippen molar-refractivity contribution in [2.24, 2.45) is 0 Å². The number of hydrogen-bond acceptors (Lipinski definition) is 4. The van der Waals surface area contributed by atoms with Crippen LogP contribution < -0.4 is 5.32 Å². The SMILES string of the molecule is CN(C)Cc1cc(CNc2cc(C#N)c3cc(Cl)ccc3n2)ccc1F. The van der Waals surface area contributed by atoms with Crippen LogP contribution in [0.25, 0.3) is 10.9 Å². The van der Waals surface area contributed by atoms with Crippen LogP contribution in [0.4, 0.5) is 10.2 Å². The standard InChI is InChI=1S/C20H18ClFN4/c1-26(2)12-15-7-13(3-5-18(15)22)11-24-20-8-14(10-23)17-9-16(21)4-6-19(17)25-20/h3-9H,11-12H2,1-2H3,(H,24,25). The summed E-state index contributed by atoms with van der Waals surface area (Å²) >= 11 is 6.01. The highest BCUT2D eigenvalue weighted by Gasteiger charge is 2.08. The third-order valence-corrected chi connectivity index (χ3v) is 4.20. The van der Waals surface area contributed by atoms with Crippen LogP contribution in [0.3, 0.4) is 0 Å². The van der Waals surface area contributed by atoms with Crippen molar-refractivity contribution in [3.63, 3.8) is 0 Å². The lowest BCUT2D eigenvalue weighted by molar-refractivity contribution is 0.392. The maximum Gasteiger partial charge on any atom is 0.128 e. The van der Waals surface area contributed by atoms with E-state index in [-0.39, 0.29) is 5.82 Å². The van der Waals surface area contributed by atoms with E-state index in [1.165, 1.54) is 6.07 Å². The Hall–Kier alpha value is -2.68. The molecule has 132 valence electrons. The number of hydrogen-bond donors (Lipinski definition) is 1. The molecular formula is C20H18ClFN4. The fourth-order valence-electron chi connectivity index (χ4n) is 2.77. The lowest BCUT2D eigenvalue weighted by atomic mass is 10.1. The van der Waals surface area contributed by atoms with E-state index in [4.69, 9.17) is 11.6 Å². The van der Waals surface area contributed by atoms with Crippen LogP contribution in [0.15, 0.2) is 42.5 Å². The molecule has 0 saturated heterocycles. The number of nitriles is 1. The number of anilines is 1. The van der Waals surface area contributed by atoms with E-state index in [1.54, 1.807) is 30.3 Å². The van der Waals surface area contributed by atoms with Crippen LogP contribution in [0.1, 0.15) is 16.7 Å². The Morgan fingerprint density at radius 2 is 2.00 bits per heavy atom. The lowest BCUT2D eigenvalue weighted by Crippen LogP contribution is -2.12. The molecule has 6 heteroatoms. The second kappa shape index (κ2) is 7.69. The van der Waals surface area contributed by atoms with Crippen molar-refractivity contribution in [1.29, 1.82) is 5.26 Å². The predicted molar refractivity (Wildman–Crippen MR) is 103 cm³/mol. The molecule has 26 heavy (non-hydrogen) atoms. The second-order valence-electron chi connectivity index (χ2n) is 6.35. The van der Waals surface area contributed by atoms with Gasteiger partial charge < -0.3 is 10.2 Å². The zero-order valence-electron chi connectivity index (χ0n) is 14.6. The maximum absolute atomic E-state index is 13.9. The highest BCUT2D eigenvalue weighted by molar-refractivity contribution is 6.31. The molecular weight excluding hydrogens is 351 g/mol. The maximum atomic E-state index is 13.9. The Labute approximate surface area is 156 Å². The number of nitrogens with zero attached hydrogens (tertiary/aromatic N) is 3. The average Bonchev–Trinajstić information content (AvgIpc) is 2.61. The molecule has 0 amide bonds. The number of halogens is 2. The molecule has 3 aromatic rings. The van der Waals surface area contributed by atoms with E-state index in [2.05, 4.69) is 16.4 Å². The summed E-state index contributed by atoms with van der Waals surface area (Å²) in [6.45, 7) is 1.02. The number of nitrogens with one attached hydrogen (secondary N) is 1. The molecule has 0 aliphatic rings. The number of rotatable bonds is 5. The summed E-state index contributed by atoms with van der Waals surface area (Å²) in [7, 11) is 3.80. The first-order chi connectivity index (χ1) is 12.5. The van der Waals surface area contributed by atoms with Crippen molar-refractivity contribution >= 4 is 28.3 Å². The third kappa shape index (κ3) is 4.10. The van der Waals surface area contributed by atoms with Gasteiger partial charge in [0.25, 0.3) is 0 Å². The molecule has 4 nitrogen and oxygen atoms in total. The van der Waals surface area contributed by atoms with Gasteiger partial charge in [-0.2, -0.15) is 5.26 Å². The van der Waals surface area contributed by atoms with Gasteiger partial charge >= 0.3 is 0 Å². The van der Waals surface area contributed by atoms with Gasteiger partial charge in [0.1, 0.15) is 11.6 Å². The van der Waals surface area contributed by atoms with E-state index in [0.717, 1.165) is 10.9 Å². The summed E-state index contributed by atoms with van der Waals surface area (Å²) in [4.78, 5) is 6.45. The molecule has 0 radical (unpaired) electrons. The molecule has 1 heterocycles. The molecule has 0 atom stereocenters. The Balaban J connectivity index is 1.84. The Morgan fingerprint density at radius 3 is 2.73 bits per heavy atom. The van der Waals surface area contributed by atoms with Gasteiger partial charge in [-0.3, -0.25) is 0 Å². The zero-order valence-corrected chi connectivity index (χ0v) is 15.3. The molecule has 2 aromatic carbocycles. The van der Waals surface area contributed by atoms with Gasteiger partial charge in [-0.05, 0) is 56.1 Å². The topological polar surface area (TPSA) is 52.0 Å². The minimum atomic E-state index is -0.213. The van der Waals surface area contributed by atoms with E-state index in [1.807, 2.05) is 25.1 Å². The molecule has 3 rings (SSSR count). The van der Waals surface area contributed by atoms with Crippen molar-refractivity contribution in [2.75, 3.05) is 19.4 Å². The minimum Gasteiger partial charge on any atom is -0.366 e. The summed E-state index contributed by atoms with van der Waals surface area (Å²) in [5.74, 6) is 0.379. The van der Waals surface area contributed by atoms with E-state index < -0.39 is 0 Å². The molecule has 0 spiro atoms. The first kappa shape index (κ1) is 18.1. The number of benzene rings is 2. The van der Waals surface area contributed by atoms with Crippen LogP contribution in [0.2, 0.25) is 5.02 Å². The molecule has 0 aliphatic heterocycles. The summed E-state index contributed by atoms with van der Waals surface area (Å²) in [5, 5.41) is 13.9. The van der Waals surface area contributed by atoms with Crippen molar-refractivity contribution in [3.05, 3.63) is 70.0 Å². The summed E-state index contributed by atoms with van der Waals surface area (Å²) in [5.41, 5.74) is 2.80. The fraction of sp³-hybridized carbons (Fsp3) is 0.200. The summed E-state index contributed by atoms with van der Waals surface area (Å²) in [6, 6.07) is 14.2. The van der Waals surface area contributed by atoms with Gasteiger partial charge in [0.2, 0.25) is 0 Å². The zero-order chi connectivity index (χ0) is 18.7. The summed E-state index contributed by atoms with van der Waals surface area (Å²) < 4.78 is 13.9. The minimum absolute atomic E-state index is 0.213. The number of aromatic nitrogens is 1. The monoisotopic (exact) mass is 368 g/mol. The van der Waals surface area contributed by atoms with E-state index >= 15 is 0 Å². The molecule has 0 bridgehead atoms. The van der Waals surface area contributed by atoms with E-state index in [0.29, 0.717) is 40.6 Å². The van der Waals surface area contributed by atoms with Crippen LogP contribution in [0, 0.1) is 17.1 Å². The van der Waals surface area contributed by atoms with Gasteiger partial charge in [-0.1, -0.05) is 17.7 Å². The van der Waals surface area contributed by atoms with Crippen LogP contribution >= 0.6 is 11.6 Å². The smallest absolute Gasteiger partial charge is 0.128 e. The van der Waals surface area contributed by atoms with E-state index in [9.17, 15) is 9.65 Å². The normalized spacial score (nSPS) is 10.9. The average molecular weight is 369 g/mol. The van der Waals surface area contributed by atoms with Gasteiger partial charge in [0.05, 0.1) is 17.1 Å². The molecule has 0 saturated carbocycles. The van der Waals surface area contributed by atoms with Gasteiger partial charge in [0.15, 0.2) is 0 Å². The third-order valence-electron chi connectivity index (χ3n) is 3.96. The van der Waals surface area contributed by atoms with Gasteiger partial charge in [0, 0.05) is 29.1 Å². The first-order valence-electron chi connectivity index (χ1n) is 8.12. The molecule has 0 fully saturated rings. The molecule has 0 aliphatic carbocycles. The number of fused-ring (bicyclic) bond motifs is 1. The molecule has 1 aromatic heterocycles. The van der Waals surface area contributed by atoms with Gasteiger partial charge in [-0.15, -0.1) is 0 Å². The predicted octanol–water partition coefficient (Wildman–Crippen LogP) is 4.57. The van der Waals surface area contributed by atoms with Crippen molar-refractivity contribution in [3.8, 4) is 6.07 Å². The Kier molecular flexibility index (Phi) is 5.36. The highest BCUT2D eigenvalue weighted by atomic mass is 35.5. The second-order valence-corrected chi connectivity index (χ2v) is 6.78. The van der Waals surface area contributed by atoms with Crippen LogP contribution in [-0.4, -0.2) is 24.0 Å². The van der Waals surface area contributed by atoms with Crippen molar-refractivity contribution in [2.45, 2.75) is 13.1 Å². The Bertz CT molecular complexity index is 995. The first-order valence-corrected chi connectivity index (χ1v) is 8.50. The fourth-order valence-corrected chi connectivity index (χ4v) is 2.95. The largest absolute Gasteiger partial charge is 0.366 e. The van der Waals surface area contributed by atoms with Crippen LogP contribution in [0.5, 0.6) is 0 Å². The van der Waals surface area contributed by atoms with Crippen molar-refractivity contribution in [1.82, 2.24) is 9.88 Å². The van der Waals surface area contributed by atoms with Crippen molar-refractivity contribution < 1.29 is 4.39 Å². The lowest BCUT2D eigenvalue weighted by Gasteiger charge is -2.13. The highest BCUT2D eigenvalue weighted by Crippen LogP contribution is 2.24. The Morgan fingerprint density at radius 1 is 1.19 bits per heavy atom. The van der Waals surface area contributed by atoms with Gasteiger partial charge in [-0.25, -0.2) is 9.37 Å². The number of pyridine rings is 1. The van der Waals surface area contributed by atoms with Crippen LogP contribution in [-0.2, 0) is 13.1 Å². The molecule has 0 unspecified atom stereocenters. The quantitative estimate of drug-likeness (QED) is 0.716. The summed E-state index contributed by atoms with van der Waals surface area (Å²) in [6.07, 6.45) is 0.